The second-order valence-corrected chi connectivity index (χ2v) is 5.11. The minimum Gasteiger partial charge on any atom is -0.580 e. The summed E-state index contributed by atoms with van der Waals surface area (Å²) < 4.78 is 38.2. The Hall–Kier alpha value is -2.96. The highest BCUT2D eigenvalue weighted by atomic mass is 19.3. The van der Waals surface area contributed by atoms with E-state index < -0.39 is 7.04 Å². The average Bonchev–Trinajstić information content (AvgIpc) is 2.91. The van der Waals surface area contributed by atoms with Gasteiger partial charge in [0.15, 0.2) is 0 Å². The van der Waals surface area contributed by atoms with E-state index in [0.29, 0.717) is 10.2 Å². The molecule has 24 heavy (non-hydrogen) atoms. The number of halogens is 2. The zero-order valence-corrected chi connectivity index (χ0v) is 13.0. The fourth-order valence-electron chi connectivity index (χ4n) is 2.18. The maximum Gasteiger partial charge on any atom is 0.859 e. The van der Waals surface area contributed by atoms with E-state index in [1.165, 1.54) is 12.3 Å². The number of allylic oxidation sites excluding steroid dienone is 1. The SMILES string of the molecule is COc1ccc(/C=C/C=[N+]2/N=C(c3ccccc3)O[B-]2(F)F)cc1. The van der Waals surface area contributed by atoms with Gasteiger partial charge in [-0.25, -0.2) is 0 Å². The maximum atomic E-state index is 13.9. The van der Waals surface area contributed by atoms with Crippen LogP contribution in [0.3, 0.4) is 0 Å². The summed E-state index contributed by atoms with van der Waals surface area (Å²) >= 11 is 0. The lowest BCUT2D eigenvalue weighted by Crippen LogP contribution is -2.36. The van der Waals surface area contributed by atoms with E-state index in [1.807, 2.05) is 12.1 Å². The third-order valence-corrected chi connectivity index (χ3v) is 3.43. The first-order valence-corrected chi connectivity index (χ1v) is 7.37. The molecular formula is C17H15BF2N2O2. The first-order chi connectivity index (χ1) is 11.6. The molecule has 0 atom stereocenters. The summed E-state index contributed by atoms with van der Waals surface area (Å²) in [6.45, 7) is 0. The molecule has 0 saturated heterocycles. The van der Waals surface area contributed by atoms with Gasteiger partial charge >= 0.3 is 7.04 Å². The molecular weight excluding hydrogens is 313 g/mol. The quantitative estimate of drug-likeness (QED) is 0.804. The molecule has 0 bridgehead atoms. The van der Waals surface area contributed by atoms with E-state index in [0.717, 1.165) is 11.3 Å². The lowest BCUT2D eigenvalue weighted by Gasteiger charge is -2.09. The number of rotatable bonds is 4. The van der Waals surface area contributed by atoms with Crippen LogP contribution < -0.4 is 4.74 Å². The van der Waals surface area contributed by atoms with Gasteiger partial charge in [0.1, 0.15) is 12.0 Å². The Morgan fingerprint density at radius 2 is 1.79 bits per heavy atom. The predicted molar refractivity (Wildman–Crippen MR) is 90.4 cm³/mol. The maximum absolute atomic E-state index is 13.9. The standard InChI is InChI=1S/C17H15BF2N2O2/c1-23-16-11-9-14(10-12-16)6-5-13-22-18(19,20)24-17(21-22)15-7-3-2-4-8-15/h2-13H,1H3/b6-5+,22-13+. The van der Waals surface area contributed by atoms with Crippen LogP contribution in [0, 0.1) is 0 Å². The smallest absolute Gasteiger partial charge is 0.580 e. The van der Waals surface area contributed by atoms with Crippen molar-refractivity contribution in [1.82, 2.24) is 0 Å². The second-order valence-electron chi connectivity index (χ2n) is 5.11. The zero-order chi connectivity index (χ0) is 17.0. The molecule has 3 rings (SSSR count). The van der Waals surface area contributed by atoms with E-state index in [9.17, 15) is 8.63 Å². The topological polar surface area (TPSA) is 33.8 Å². The monoisotopic (exact) mass is 328 g/mol. The van der Waals surface area contributed by atoms with Crippen LogP contribution in [0.15, 0.2) is 65.8 Å². The van der Waals surface area contributed by atoms with Crippen LogP contribution in [-0.2, 0) is 4.65 Å². The summed E-state index contributed by atoms with van der Waals surface area (Å²) in [6, 6.07) is 15.8. The summed E-state index contributed by atoms with van der Waals surface area (Å²) in [6.07, 6.45) is 4.39. The van der Waals surface area contributed by atoms with Crippen LogP contribution in [0.1, 0.15) is 11.1 Å². The molecule has 2 aromatic rings. The highest BCUT2D eigenvalue weighted by molar-refractivity contribution is 6.54. The van der Waals surface area contributed by atoms with Gasteiger partial charge < -0.3 is 18.0 Å². The number of benzene rings is 2. The molecule has 0 aromatic heterocycles. The Morgan fingerprint density at radius 3 is 2.46 bits per heavy atom. The summed E-state index contributed by atoms with van der Waals surface area (Å²) in [5.74, 6) is 0.644. The molecule has 1 heterocycles. The number of hydrazone groups is 1. The molecule has 1 aliphatic rings. The van der Waals surface area contributed by atoms with E-state index in [4.69, 9.17) is 9.39 Å². The molecule has 7 heteroatoms. The number of nitrogens with zero attached hydrogens (tertiary/aromatic N) is 2. The molecule has 0 amide bonds. The fraction of sp³-hybridized carbons (Fsp3) is 0.0588. The van der Waals surface area contributed by atoms with Gasteiger partial charge in [0, 0.05) is 5.56 Å². The van der Waals surface area contributed by atoms with E-state index >= 15 is 0 Å². The normalized spacial score (nSPS) is 17.8. The molecule has 0 saturated carbocycles. The van der Waals surface area contributed by atoms with E-state index in [2.05, 4.69) is 5.10 Å². The van der Waals surface area contributed by atoms with Crippen LogP contribution in [0.2, 0.25) is 0 Å². The van der Waals surface area contributed by atoms with Gasteiger partial charge in [0.2, 0.25) is 5.90 Å². The third-order valence-electron chi connectivity index (χ3n) is 3.43. The molecule has 0 aliphatic carbocycles. The predicted octanol–water partition coefficient (Wildman–Crippen LogP) is 3.56. The molecule has 0 spiro atoms. The lowest BCUT2D eigenvalue weighted by atomic mass is 10.1. The van der Waals surface area contributed by atoms with Gasteiger partial charge in [-0.15, -0.1) is 0 Å². The summed E-state index contributed by atoms with van der Waals surface area (Å²) in [7, 11) is -2.63. The van der Waals surface area contributed by atoms with Crippen LogP contribution in [0.5, 0.6) is 5.75 Å². The van der Waals surface area contributed by atoms with Gasteiger partial charge in [-0.2, -0.15) is 4.60 Å². The molecule has 4 nitrogen and oxygen atoms in total. The van der Waals surface area contributed by atoms with Crippen molar-refractivity contribution < 1.29 is 22.6 Å². The lowest BCUT2D eigenvalue weighted by molar-refractivity contribution is -0.425. The Bertz CT molecular complexity index is 803. The van der Waals surface area contributed by atoms with Crippen LogP contribution in [0.4, 0.5) is 8.63 Å². The van der Waals surface area contributed by atoms with Crippen LogP contribution in [0.25, 0.3) is 6.08 Å². The summed E-state index contributed by atoms with van der Waals surface area (Å²) in [4.78, 5) is 0. The van der Waals surface area contributed by atoms with Crippen molar-refractivity contribution in [2.45, 2.75) is 0 Å². The Kier molecular flexibility index (Phi) is 4.42. The zero-order valence-electron chi connectivity index (χ0n) is 13.0. The Morgan fingerprint density at radius 1 is 1.08 bits per heavy atom. The molecule has 0 N–H and O–H groups in total. The summed E-state index contributed by atoms with van der Waals surface area (Å²) in [5, 5.41) is 3.85. The van der Waals surface area contributed by atoms with Gasteiger partial charge in [-0.3, -0.25) is 0 Å². The third kappa shape index (κ3) is 3.51. The highest BCUT2D eigenvalue weighted by Crippen LogP contribution is 2.21. The van der Waals surface area contributed by atoms with Crippen molar-refractivity contribution in [3.8, 4) is 5.75 Å². The van der Waals surface area contributed by atoms with Gasteiger partial charge in [0.05, 0.1) is 7.11 Å². The van der Waals surface area contributed by atoms with Gasteiger partial charge in [-0.1, -0.05) is 30.3 Å². The van der Waals surface area contributed by atoms with Crippen LogP contribution in [-0.4, -0.2) is 30.9 Å². The van der Waals surface area contributed by atoms with Crippen molar-refractivity contribution in [1.29, 1.82) is 0 Å². The second kappa shape index (κ2) is 6.66. The van der Waals surface area contributed by atoms with Crippen molar-refractivity contribution in [2.24, 2.45) is 5.10 Å². The summed E-state index contributed by atoms with van der Waals surface area (Å²) in [5.41, 5.74) is 1.37. The number of methoxy groups -OCH3 is 1. The number of hydrogen-bond donors (Lipinski definition) is 0. The van der Waals surface area contributed by atoms with E-state index in [-0.39, 0.29) is 5.90 Å². The van der Waals surface area contributed by atoms with Crippen molar-refractivity contribution in [3.05, 3.63) is 71.8 Å². The molecule has 0 fully saturated rings. The van der Waals surface area contributed by atoms with Gasteiger partial charge in [-0.05, 0) is 47.1 Å². The highest BCUT2D eigenvalue weighted by Gasteiger charge is 2.53. The number of ether oxygens (including phenoxy) is 1. The molecule has 2 aromatic carbocycles. The van der Waals surface area contributed by atoms with Crippen molar-refractivity contribution in [3.63, 3.8) is 0 Å². The van der Waals surface area contributed by atoms with Crippen LogP contribution >= 0.6 is 0 Å². The minimum absolute atomic E-state index is 0.0882. The molecule has 0 unspecified atom stereocenters. The first kappa shape index (κ1) is 15.9. The number of hydrogen-bond acceptors (Lipinski definition) is 3. The van der Waals surface area contributed by atoms with Crippen molar-refractivity contribution >= 4 is 25.2 Å². The minimum atomic E-state index is -4.21. The largest absolute Gasteiger partial charge is 0.859 e. The molecule has 122 valence electrons. The van der Waals surface area contributed by atoms with E-state index in [1.54, 1.807) is 55.7 Å². The van der Waals surface area contributed by atoms with Crippen molar-refractivity contribution in [2.75, 3.05) is 7.11 Å². The average molecular weight is 328 g/mol. The Labute approximate surface area is 138 Å². The fourth-order valence-corrected chi connectivity index (χ4v) is 2.18. The Balaban J connectivity index is 1.80. The molecule has 1 aliphatic heterocycles. The first-order valence-electron chi connectivity index (χ1n) is 7.37. The molecule has 0 radical (unpaired) electrons. The van der Waals surface area contributed by atoms with Gasteiger partial charge in [0.25, 0.3) is 0 Å².